The van der Waals surface area contributed by atoms with Crippen molar-refractivity contribution in [3.05, 3.63) is 0 Å². The van der Waals surface area contributed by atoms with Gasteiger partial charge >= 0.3 is 5.97 Å². The lowest BCUT2D eigenvalue weighted by molar-refractivity contribution is -0.152. The smallest absolute Gasteiger partial charge is 0.308 e. The van der Waals surface area contributed by atoms with Crippen molar-refractivity contribution >= 4 is 12.3 Å². The van der Waals surface area contributed by atoms with E-state index in [1.54, 1.807) is 0 Å². The summed E-state index contributed by atoms with van der Waals surface area (Å²) in [6.07, 6.45) is 1.53. The number of unbranched alkanes of at least 4 members (excludes halogenated alkanes) is 1. The van der Waals surface area contributed by atoms with Crippen LogP contribution < -0.4 is 0 Å². The van der Waals surface area contributed by atoms with Crippen LogP contribution in [0.3, 0.4) is 0 Å². The molecule has 1 aliphatic rings. The van der Waals surface area contributed by atoms with Crippen LogP contribution in [0.15, 0.2) is 0 Å². The number of halogens is 2. The minimum absolute atomic E-state index is 0.194. The van der Waals surface area contributed by atoms with E-state index in [1.165, 1.54) is 0 Å². The Morgan fingerprint density at radius 1 is 1.38 bits per heavy atom. The molecule has 1 saturated carbocycles. The van der Waals surface area contributed by atoms with Gasteiger partial charge in [-0.3, -0.25) is 4.79 Å². The van der Waals surface area contributed by atoms with Gasteiger partial charge in [-0.15, -0.1) is 0 Å². The molecule has 0 aliphatic heterocycles. The molecule has 0 aromatic carbocycles. The molecule has 0 aromatic heterocycles. The Morgan fingerprint density at radius 3 is 2.56 bits per heavy atom. The zero-order chi connectivity index (χ0) is 12.0. The molecule has 16 heavy (non-hydrogen) atoms. The van der Waals surface area contributed by atoms with Crippen molar-refractivity contribution in [3.8, 4) is 0 Å². The molecule has 3 nitrogen and oxygen atoms in total. The summed E-state index contributed by atoms with van der Waals surface area (Å²) in [5, 5.41) is 0. The van der Waals surface area contributed by atoms with Gasteiger partial charge in [-0.25, -0.2) is 8.78 Å². The number of esters is 1. The van der Waals surface area contributed by atoms with Crippen LogP contribution in [0.1, 0.15) is 38.5 Å². The van der Waals surface area contributed by atoms with Crippen LogP contribution >= 0.6 is 0 Å². The van der Waals surface area contributed by atoms with E-state index in [4.69, 9.17) is 4.74 Å². The fourth-order valence-electron chi connectivity index (χ4n) is 1.73. The maximum Gasteiger partial charge on any atom is 0.308 e. The van der Waals surface area contributed by atoms with E-state index in [0.717, 1.165) is 6.29 Å². The van der Waals surface area contributed by atoms with E-state index >= 15 is 0 Å². The molecule has 0 atom stereocenters. The first-order valence-electron chi connectivity index (χ1n) is 5.53. The number of alkyl halides is 2. The molecule has 1 rings (SSSR count). The molecule has 0 heterocycles. The van der Waals surface area contributed by atoms with Gasteiger partial charge in [0.05, 0.1) is 12.5 Å². The van der Waals surface area contributed by atoms with Crippen LogP contribution in [0.25, 0.3) is 0 Å². The summed E-state index contributed by atoms with van der Waals surface area (Å²) in [6.45, 7) is 0.199. The Labute approximate surface area is 93.2 Å². The van der Waals surface area contributed by atoms with Gasteiger partial charge in [0.25, 0.3) is 0 Å². The number of aldehydes is 1. The van der Waals surface area contributed by atoms with Crippen molar-refractivity contribution in [1.82, 2.24) is 0 Å². The minimum atomic E-state index is -2.62. The second kappa shape index (κ2) is 5.92. The van der Waals surface area contributed by atoms with Gasteiger partial charge in [0, 0.05) is 19.3 Å². The van der Waals surface area contributed by atoms with Crippen LogP contribution in [0, 0.1) is 5.92 Å². The van der Waals surface area contributed by atoms with Crippen molar-refractivity contribution in [1.29, 1.82) is 0 Å². The second-order valence-electron chi connectivity index (χ2n) is 4.11. The maximum absolute atomic E-state index is 12.8. The van der Waals surface area contributed by atoms with E-state index < -0.39 is 17.8 Å². The maximum atomic E-state index is 12.8. The van der Waals surface area contributed by atoms with Crippen molar-refractivity contribution in [2.75, 3.05) is 6.61 Å². The van der Waals surface area contributed by atoms with Crippen LogP contribution in [0.2, 0.25) is 0 Å². The molecule has 1 fully saturated rings. The summed E-state index contributed by atoms with van der Waals surface area (Å²) < 4.78 is 30.5. The zero-order valence-electron chi connectivity index (χ0n) is 9.09. The quantitative estimate of drug-likeness (QED) is 0.416. The summed E-state index contributed by atoms with van der Waals surface area (Å²) in [5.74, 6) is -3.41. The van der Waals surface area contributed by atoms with Crippen molar-refractivity contribution in [2.45, 2.75) is 44.4 Å². The standard InChI is InChI=1S/C11H16F2O3/c12-11(13)5-3-9(4-6-11)10(15)16-8-2-1-7-14/h7,9H,1-6,8H2. The van der Waals surface area contributed by atoms with Gasteiger partial charge in [0.2, 0.25) is 5.92 Å². The number of hydrogen-bond acceptors (Lipinski definition) is 3. The normalized spacial score (nSPS) is 20.4. The average molecular weight is 234 g/mol. The second-order valence-corrected chi connectivity index (χ2v) is 4.11. The molecule has 0 spiro atoms. The largest absolute Gasteiger partial charge is 0.465 e. The van der Waals surface area contributed by atoms with Crippen LogP contribution in [-0.2, 0) is 14.3 Å². The van der Waals surface area contributed by atoms with E-state index in [-0.39, 0.29) is 32.3 Å². The van der Waals surface area contributed by atoms with Gasteiger partial charge in [-0.2, -0.15) is 0 Å². The number of carbonyl (C=O) groups excluding carboxylic acids is 2. The van der Waals surface area contributed by atoms with Gasteiger partial charge in [0.15, 0.2) is 0 Å². The van der Waals surface area contributed by atoms with Gasteiger partial charge < -0.3 is 9.53 Å². The molecule has 92 valence electrons. The fourth-order valence-corrected chi connectivity index (χ4v) is 1.73. The lowest BCUT2D eigenvalue weighted by Crippen LogP contribution is -2.29. The third kappa shape index (κ3) is 4.24. The van der Waals surface area contributed by atoms with Crippen LogP contribution in [0.4, 0.5) is 8.78 Å². The molecular formula is C11H16F2O3. The number of rotatable bonds is 5. The summed E-state index contributed by atoms with van der Waals surface area (Å²) in [6, 6.07) is 0. The Balaban J connectivity index is 2.20. The monoisotopic (exact) mass is 234 g/mol. The highest BCUT2D eigenvalue weighted by molar-refractivity contribution is 5.72. The van der Waals surface area contributed by atoms with Crippen molar-refractivity contribution in [3.63, 3.8) is 0 Å². The zero-order valence-corrected chi connectivity index (χ0v) is 9.09. The van der Waals surface area contributed by atoms with Gasteiger partial charge in [-0.05, 0) is 19.3 Å². The summed E-state index contributed by atoms with van der Waals surface area (Å²) in [4.78, 5) is 21.4. The highest BCUT2D eigenvalue weighted by Gasteiger charge is 2.37. The molecule has 5 heteroatoms. The number of hydrogen-bond donors (Lipinski definition) is 0. The molecule has 0 aromatic rings. The van der Waals surface area contributed by atoms with Gasteiger partial charge in [-0.1, -0.05) is 0 Å². The molecule has 0 N–H and O–H groups in total. The molecular weight excluding hydrogens is 218 g/mol. The lowest BCUT2D eigenvalue weighted by Gasteiger charge is -2.26. The molecule has 0 bridgehead atoms. The Hall–Kier alpha value is -1.00. The van der Waals surface area contributed by atoms with E-state index in [0.29, 0.717) is 12.8 Å². The summed E-state index contributed by atoms with van der Waals surface area (Å²) in [5.41, 5.74) is 0. The number of carbonyl (C=O) groups is 2. The Kier molecular flexibility index (Phi) is 4.83. The highest BCUT2D eigenvalue weighted by atomic mass is 19.3. The summed E-state index contributed by atoms with van der Waals surface area (Å²) in [7, 11) is 0. The Bertz CT molecular complexity index is 244. The molecule has 0 radical (unpaired) electrons. The summed E-state index contributed by atoms with van der Waals surface area (Å²) >= 11 is 0. The van der Waals surface area contributed by atoms with Gasteiger partial charge in [0.1, 0.15) is 6.29 Å². The van der Waals surface area contributed by atoms with E-state index in [9.17, 15) is 18.4 Å². The van der Waals surface area contributed by atoms with E-state index in [1.807, 2.05) is 0 Å². The first-order chi connectivity index (χ1) is 7.55. The highest BCUT2D eigenvalue weighted by Crippen LogP contribution is 2.36. The third-order valence-corrected chi connectivity index (χ3v) is 2.76. The van der Waals surface area contributed by atoms with E-state index in [2.05, 4.69) is 0 Å². The Morgan fingerprint density at radius 2 is 2.00 bits per heavy atom. The SMILES string of the molecule is O=CCCCOC(=O)C1CCC(F)(F)CC1. The molecule has 0 unspecified atom stereocenters. The van der Waals surface area contributed by atoms with Crippen molar-refractivity contribution < 1.29 is 23.1 Å². The lowest BCUT2D eigenvalue weighted by atomic mass is 9.87. The number of ether oxygens (including phenoxy) is 1. The van der Waals surface area contributed by atoms with Crippen LogP contribution in [0.5, 0.6) is 0 Å². The predicted octanol–water partition coefficient (Wildman–Crippen LogP) is 2.33. The predicted molar refractivity (Wildman–Crippen MR) is 53.2 cm³/mol. The molecule has 0 amide bonds. The molecule has 0 saturated heterocycles. The topological polar surface area (TPSA) is 43.4 Å². The minimum Gasteiger partial charge on any atom is -0.465 e. The average Bonchev–Trinajstić information content (AvgIpc) is 2.24. The first kappa shape index (κ1) is 13.1. The molecule has 1 aliphatic carbocycles. The third-order valence-electron chi connectivity index (χ3n) is 2.76. The van der Waals surface area contributed by atoms with Crippen molar-refractivity contribution in [2.24, 2.45) is 5.92 Å². The first-order valence-corrected chi connectivity index (χ1v) is 5.53. The fraction of sp³-hybridized carbons (Fsp3) is 0.818. The van der Waals surface area contributed by atoms with Crippen LogP contribution in [-0.4, -0.2) is 24.8 Å².